The first-order chi connectivity index (χ1) is 15.1. The van der Waals surface area contributed by atoms with Gasteiger partial charge in [0.05, 0.1) is 13.7 Å². The van der Waals surface area contributed by atoms with E-state index in [9.17, 15) is 23.1 Å². The number of aromatic hydroxyl groups is 1. The van der Waals surface area contributed by atoms with Crippen LogP contribution in [-0.2, 0) is 29.0 Å². The standard InChI is InChI=1S/C23H25F3N2O4/c1-27-10-17-7-15-8-19(22(30)31-2)28(13-23(24,25)26)11-16(15)9-20(17)32-21(12-27)14-3-5-18(29)6-4-14/h3-7,9,19,21,29H,8,10-13H2,1-2H3/t19-,21+/m0/s1. The summed E-state index contributed by atoms with van der Waals surface area (Å²) in [6, 6.07) is 9.53. The van der Waals surface area contributed by atoms with E-state index in [1.807, 2.05) is 13.1 Å². The van der Waals surface area contributed by atoms with Gasteiger partial charge in [-0.3, -0.25) is 14.6 Å². The Kier molecular flexibility index (Phi) is 6.05. The minimum atomic E-state index is -4.43. The van der Waals surface area contributed by atoms with Crippen LogP contribution < -0.4 is 4.74 Å². The molecule has 2 heterocycles. The number of esters is 1. The van der Waals surface area contributed by atoms with Crippen molar-refractivity contribution >= 4 is 5.97 Å². The molecule has 0 radical (unpaired) electrons. The summed E-state index contributed by atoms with van der Waals surface area (Å²) in [5.74, 6) is 0.111. The summed E-state index contributed by atoms with van der Waals surface area (Å²) < 4.78 is 50.5. The van der Waals surface area contributed by atoms with Gasteiger partial charge in [0.1, 0.15) is 23.6 Å². The molecule has 2 atom stereocenters. The highest BCUT2D eigenvalue weighted by Gasteiger charge is 2.40. The van der Waals surface area contributed by atoms with E-state index in [2.05, 4.69) is 4.90 Å². The molecule has 0 saturated heterocycles. The molecule has 9 heteroatoms. The first-order valence-electron chi connectivity index (χ1n) is 10.3. The third kappa shape index (κ3) is 4.83. The molecule has 0 unspecified atom stereocenters. The molecular weight excluding hydrogens is 425 g/mol. The van der Waals surface area contributed by atoms with Crippen LogP contribution in [0.4, 0.5) is 13.2 Å². The molecule has 4 rings (SSSR count). The van der Waals surface area contributed by atoms with Crippen LogP contribution in [0.25, 0.3) is 0 Å². The average Bonchev–Trinajstić information content (AvgIpc) is 2.88. The maximum Gasteiger partial charge on any atom is 0.401 e. The van der Waals surface area contributed by atoms with E-state index in [1.54, 1.807) is 30.3 Å². The molecule has 0 amide bonds. The van der Waals surface area contributed by atoms with Crippen molar-refractivity contribution in [3.8, 4) is 11.5 Å². The zero-order chi connectivity index (χ0) is 23.0. The molecule has 0 saturated carbocycles. The van der Waals surface area contributed by atoms with Crippen LogP contribution in [0.5, 0.6) is 11.5 Å². The van der Waals surface area contributed by atoms with Crippen LogP contribution in [0.1, 0.15) is 28.4 Å². The van der Waals surface area contributed by atoms with Crippen LogP contribution in [0.2, 0.25) is 0 Å². The van der Waals surface area contributed by atoms with E-state index in [0.29, 0.717) is 24.4 Å². The van der Waals surface area contributed by atoms with Crippen LogP contribution in [0.15, 0.2) is 36.4 Å². The number of methoxy groups -OCH3 is 1. The Hall–Kier alpha value is -2.78. The lowest BCUT2D eigenvalue weighted by atomic mass is 9.91. The van der Waals surface area contributed by atoms with Gasteiger partial charge in [0.25, 0.3) is 0 Å². The number of fused-ring (bicyclic) bond motifs is 2. The highest BCUT2D eigenvalue weighted by atomic mass is 19.4. The van der Waals surface area contributed by atoms with E-state index in [0.717, 1.165) is 21.6 Å². The quantitative estimate of drug-likeness (QED) is 0.724. The lowest BCUT2D eigenvalue weighted by Crippen LogP contribution is -2.49. The molecule has 0 aliphatic carbocycles. The molecule has 172 valence electrons. The number of halogens is 3. The Balaban J connectivity index is 1.67. The minimum Gasteiger partial charge on any atom is -0.508 e. The average molecular weight is 450 g/mol. The van der Waals surface area contributed by atoms with Gasteiger partial charge in [-0.15, -0.1) is 0 Å². The molecule has 0 bridgehead atoms. The summed E-state index contributed by atoms with van der Waals surface area (Å²) in [7, 11) is 3.15. The van der Waals surface area contributed by atoms with Gasteiger partial charge in [0, 0.05) is 25.2 Å². The SMILES string of the molecule is COC(=O)[C@@H]1Cc2cc3c(cc2CN1CC(F)(F)F)O[C@@H](c1ccc(O)cc1)CN(C)C3. The third-order valence-corrected chi connectivity index (χ3v) is 5.92. The number of carbonyl (C=O) groups is 1. The second-order valence-electron chi connectivity index (χ2n) is 8.39. The van der Waals surface area contributed by atoms with Gasteiger partial charge in [0.2, 0.25) is 0 Å². The van der Waals surface area contributed by atoms with Crippen molar-refractivity contribution in [2.24, 2.45) is 0 Å². The van der Waals surface area contributed by atoms with Gasteiger partial charge in [-0.2, -0.15) is 13.2 Å². The maximum atomic E-state index is 13.2. The van der Waals surface area contributed by atoms with E-state index in [4.69, 9.17) is 9.47 Å². The number of alkyl halides is 3. The highest BCUT2D eigenvalue weighted by molar-refractivity contribution is 5.76. The summed E-state index contributed by atoms with van der Waals surface area (Å²) in [4.78, 5) is 15.4. The second kappa shape index (κ2) is 8.63. The van der Waals surface area contributed by atoms with Crippen molar-refractivity contribution in [2.45, 2.75) is 37.8 Å². The fourth-order valence-electron chi connectivity index (χ4n) is 4.41. The number of phenolic OH excluding ortho intramolecular Hbond substituents is 1. The molecule has 2 aliphatic heterocycles. The van der Waals surface area contributed by atoms with E-state index in [-0.39, 0.29) is 24.8 Å². The molecule has 0 spiro atoms. The third-order valence-electron chi connectivity index (χ3n) is 5.92. The summed E-state index contributed by atoms with van der Waals surface area (Å²) in [6.07, 6.45) is -4.58. The van der Waals surface area contributed by atoms with Crippen molar-refractivity contribution in [3.05, 3.63) is 58.7 Å². The smallest absolute Gasteiger partial charge is 0.401 e. The number of nitrogens with zero attached hydrogens (tertiary/aromatic N) is 2. The van der Waals surface area contributed by atoms with E-state index >= 15 is 0 Å². The van der Waals surface area contributed by atoms with Crippen molar-refractivity contribution in [1.82, 2.24) is 9.80 Å². The number of benzene rings is 2. The lowest BCUT2D eigenvalue weighted by molar-refractivity contribution is -0.165. The lowest BCUT2D eigenvalue weighted by Gasteiger charge is -2.36. The van der Waals surface area contributed by atoms with Gasteiger partial charge in [0.15, 0.2) is 0 Å². The summed E-state index contributed by atoms with van der Waals surface area (Å²) in [5, 5.41) is 9.57. The molecule has 32 heavy (non-hydrogen) atoms. The molecular formula is C23H25F3N2O4. The normalized spacial score (nSPS) is 21.8. The van der Waals surface area contributed by atoms with Gasteiger partial charge < -0.3 is 14.6 Å². The van der Waals surface area contributed by atoms with Crippen molar-refractivity contribution in [3.63, 3.8) is 0 Å². The number of rotatable bonds is 3. The zero-order valence-corrected chi connectivity index (χ0v) is 17.9. The van der Waals surface area contributed by atoms with Crippen LogP contribution in [0, 0.1) is 0 Å². The first kappa shape index (κ1) is 22.4. The van der Waals surface area contributed by atoms with E-state index in [1.165, 1.54) is 7.11 Å². The van der Waals surface area contributed by atoms with Gasteiger partial charge >= 0.3 is 12.1 Å². The Morgan fingerprint density at radius 3 is 2.53 bits per heavy atom. The molecule has 2 aromatic rings. The summed E-state index contributed by atoms with van der Waals surface area (Å²) in [5.41, 5.74) is 3.35. The molecule has 0 fully saturated rings. The zero-order valence-electron chi connectivity index (χ0n) is 17.9. The van der Waals surface area contributed by atoms with Crippen LogP contribution >= 0.6 is 0 Å². The first-order valence-corrected chi connectivity index (χ1v) is 10.3. The maximum absolute atomic E-state index is 13.2. The number of carbonyl (C=O) groups excluding carboxylic acids is 1. The second-order valence-corrected chi connectivity index (χ2v) is 8.39. The predicted molar refractivity (Wildman–Crippen MR) is 110 cm³/mol. The largest absolute Gasteiger partial charge is 0.508 e. The molecule has 6 nitrogen and oxygen atoms in total. The Morgan fingerprint density at radius 2 is 1.88 bits per heavy atom. The Bertz CT molecular complexity index is 994. The minimum absolute atomic E-state index is 0.0229. The fraction of sp³-hybridized carbons (Fsp3) is 0.435. The van der Waals surface area contributed by atoms with Crippen molar-refractivity contribution in [2.75, 3.05) is 27.2 Å². The molecule has 0 aromatic heterocycles. The van der Waals surface area contributed by atoms with Gasteiger partial charge in [-0.1, -0.05) is 18.2 Å². The van der Waals surface area contributed by atoms with Crippen LogP contribution in [0.3, 0.4) is 0 Å². The van der Waals surface area contributed by atoms with Crippen molar-refractivity contribution in [1.29, 1.82) is 0 Å². The monoisotopic (exact) mass is 450 g/mol. The predicted octanol–water partition coefficient (Wildman–Crippen LogP) is 3.42. The fourth-order valence-corrected chi connectivity index (χ4v) is 4.41. The number of hydrogen-bond donors (Lipinski definition) is 1. The van der Waals surface area contributed by atoms with Crippen molar-refractivity contribution < 1.29 is 32.5 Å². The van der Waals surface area contributed by atoms with Crippen LogP contribution in [-0.4, -0.2) is 60.3 Å². The number of phenols is 1. The highest BCUT2D eigenvalue weighted by Crippen LogP contribution is 2.37. The Labute approximate surface area is 184 Å². The number of ether oxygens (including phenoxy) is 2. The summed E-state index contributed by atoms with van der Waals surface area (Å²) >= 11 is 0. The van der Waals surface area contributed by atoms with Gasteiger partial charge in [-0.25, -0.2) is 0 Å². The van der Waals surface area contributed by atoms with E-state index < -0.39 is 24.7 Å². The Morgan fingerprint density at radius 1 is 1.16 bits per heavy atom. The molecule has 2 aromatic carbocycles. The molecule has 1 N–H and O–H groups in total. The number of hydrogen-bond acceptors (Lipinski definition) is 6. The topological polar surface area (TPSA) is 62.2 Å². The van der Waals surface area contributed by atoms with Gasteiger partial charge in [-0.05, 0) is 48.4 Å². The number of likely N-dealkylation sites (N-methyl/N-ethyl adjacent to an activating group) is 1. The summed E-state index contributed by atoms with van der Waals surface area (Å²) in [6.45, 7) is -0.00452. The molecule has 2 aliphatic rings.